The molecule has 0 saturated carbocycles. The van der Waals surface area contributed by atoms with Crippen molar-refractivity contribution in [3.8, 4) is 0 Å². The zero-order valence-corrected chi connectivity index (χ0v) is 12.5. The number of aliphatic hydroxyl groups is 1. The Hall–Kier alpha value is -1.27. The molecule has 1 aromatic carbocycles. The van der Waals surface area contributed by atoms with Crippen molar-refractivity contribution in [2.24, 2.45) is 0 Å². The first-order valence-corrected chi connectivity index (χ1v) is 7.01. The van der Waals surface area contributed by atoms with Gasteiger partial charge in [-0.05, 0) is 13.0 Å². The third-order valence-electron chi connectivity index (χ3n) is 2.68. The van der Waals surface area contributed by atoms with Crippen molar-refractivity contribution < 1.29 is 19.0 Å². The molecule has 1 rings (SSSR count). The lowest BCUT2D eigenvalue weighted by atomic mass is 10.2. The van der Waals surface area contributed by atoms with Gasteiger partial charge in [0.15, 0.2) is 0 Å². The Bertz CT molecular complexity index is 426. The summed E-state index contributed by atoms with van der Waals surface area (Å²) >= 11 is 0. The van der Waals surface area contributed by atoms with Crippen LogP contribution in [0.2, 0.25) is 0 Å². The number of nitrogens with one attached hydrogen (secondary N) is 1. The molecular weight excluding hydrogens is 273 g/mol. The Balaban J connectivity index is 2.02. The summed E-state index contributed by atoms with van der Waals surface area (Å²) in [6.45, 7) is 8.14. The van der Waals surface area contributed by atoms with Gasteiger partial charge in [0.2, 0.25) is 0 Å². The van der Waals surface area contributed by atoms with E-state index in [1.807, 2.05) is 6.92 Å². The predicted molar refractivity (Wildman–Crippen MR) is 80.6 cm³/mol. The van der Waals surface area contributed by atoms with Crippen molar-refractivity contribution in [3.05, 3.63) is 47.8 Å². The number of rotatable bonds is 11. The number of benzene rings is 1. The molecule has 1 aromatic rings. The van der Waals surface area contributed by atoms with Gasteiger partial charge in [0, 0.05) is 18.7 Å². The smallest absolute Gasteiger partial charge is 0.128 e. The molecule has 0 saturated heterocycles. The van der Waals surface area contributed by atoms with E-state index >= 15 is 0 Å². The van der Waals surface area contributed by atoms with Gasteiger partial charge in [-0.15, -0.1) is 0 Å². The van der Waals surface area contributed by atoms with Gasteiger partial charge in [-0.3, -0.25) is 0 Å². The molecular formula is C16H24FNO3. The second kappa shape index (κ2) is 10.5. The summed E-state index contributed by atoms with van der Waals surface area (Å²) in [6, 6.07) is 6.44. The standard InChI is InChI=1S/C16H24FNO3/c1-13(2)10-20-8-7-18-9-15(19)12-21-11-14-5-3-4-6-16(14)17/h3-6,15,18-19H,1,7-12H2,2H3. The van der Waals surface area contributed by atoms with Gasteiger partial charge in [0.25, 0.3) is 0 Å². The van der Waals surface area contributed by atoms with E-state index in [1.165, 1.54) is 6.07 Å². The van der Waals surface area contributed by atoms with Crippen LogP contribution >= 0.6 is 0 Å². The van der Waals surface area contributed by atoms with Gasteiger partial charge in [0.1, 0.15) is 5.82 Å². The lowest BCUT2D eigenvalue weighted by molar-refractivity contribution is 0.0270. The molecule has 4 nitrogen and oxygen atoms in total. The molecule has 118 valence electrons. The van der Waals surface area contributed by atoms with E-state index in [0.717, 1.165) is 5.57 Å². The van der Waals surface area contributed by atoms with Crippen LogP contribution in [0.4, 0.5) is 4.39 Å². The van der Waals surface area contributed by atoms with Gasteiger partial charge in [-0.1, -0.05) is 30.4 Å². The van der Waals surface area contributed by atoms with Crippen molar-refractivity contribution >= 4 is 0 Å². The summed E-state index contributed by atoms with van der Waals surface area (Å²) < 4.78 is 23.9. The van der Waals surface area contributed by atoms with Crippen LogP contribution in [0.25, 0.3) is 0 Å². The number of hydrogen-bond acceptors (Lipinski definition) is 4. The maximum atomic E-state index is 13.3. The minimum atomic E-state index is -0.627. The van der Waals surface area contributed by atoms with Crippen LogP contribution in [0.15, 0.2) is 36.4 Å². The second-order valence-corrected chi connectivity index (χ2v) is 4.97. The summed E-state index contributed by atoms with van der Waals surface area (Å²) in [7, 11) is 0. The minimum absolute atomic E-state index is 0.158. The van der Waals surface area contributed by atoms with E-state index < -0.39 is 6.10 Å². The fourth-order valence-corrected chi connectivity index (χ4v) is 1.64. The van der Waals surface area contributed by atoms with Crippen molar-refractivity contribution in [2.45, 2.75) is 19.6 Å². The summed E-state index contributed by atoms with van der Waals surface area (Å²) in [6.07, 6.45) is -0.627. The van der Waals surface area contributed by atoms with Gasteiger partial charge >= 0.3 is 0 Å². The lowest BCUT2D eigenvalue weighted by Crippen LogP contribution is -2.32. The molecule has 1 unspecified atom stereocenters. The number of aliphatic hydroxyl groups excluding tert-OH is 1. The molecule has 0 radical (unpaired) electrons. The molecule has 0 heterocycles. The molecule has 2 N–H and O–H groups in total. The second-order valence-electron chi connectivity index (χ2n) is 4.97. The zero-order valence-electron chi connectivity index (χ0n) is 12.5. The molecule has 0 aliphatic rings. The van der Waals surface area contributed by atoms with Crippen LogP contribution in [-0.4, -0.2) is 44.1 Å². The zero-order chi connectivity index (χ0) is 15.5. The molecule has 0 fully saturated rings. The van der Waals surface area contributed by atoms with E-state index in [4.69, 9.17) is 9.47 Å². The molecule has 5 heteroatoms. The molecule has 21 heavy (non-hydrogen) atoms. The van der Waals surface area contributed by atoms with Crippen molar-refractivity contribution in [2.75, 3.05) is 32.9 Å². The Morgan fingerprint density at radius 3 is 2.86 bits per heavy atom. The lowest BCUT2D eigenvalue weighted by Gasteiger charge is -2.13. The fraction of sp³-hybridized carbons (Fsp3) is 0.500. The van der Waals surface area contributed by atoms with Gasteiger partial charge < -0.3 is 19.9 Å². The normalized spacial score (nSPS) is 12.3. The van der Waals surface area contributed by atoms with Gasteiger partial charge in [0.05, 0.1) is 32.5 Å². The van der Waals surface area contributed by atoms with E-state index in [-0.39, 0.29) is 19.0 Å². The first-order valence-electron chi connectivity index (χ1n) is 7.01. The van der Waals surface area contributed by atoms with Crippen LogP contribution in [0.1, 0.15) is 12.5 Å². The molecule has 0 aliphatic heterocycles. The highest BCUT2D eigenvalue weighted by molar-refractivity contribution is 5.16. The van der Waals surface area contributed by atoms with Crippen LogP contribution in [0.5, 0.6) is 0 Å². The average Bonchev–Trinajstić information content (AvgIpc) is 2.44. The third kappa shape index (κ3) is 8.57. The Labute approximate surface area is 125 Å². The highest BCUT2D eigenvalue weighted by Crippen LogP contribution is 2.07. The fourth-order valence-electron chi connectivity index (χ4n) is 1.64. The summed E-state index contributed by atoms with van der Waals surface area (Å²) in [5.74, 6) is -0.292. The molecule has 0 amide bonds. The monoisotopic (exact) mass is 297 g/mol. The maximum Gasteiger partial charge on any atom is 0.128 e. The quantitative estimate of drug-likeness (QED) is 0.484. The molecule has 1 atom stereocenters. The third-order valence-corrected chi connectivity index (χ3v) is 2.68. The van der Waals surface area contributed by atoms with Crippen LogP contribution < -0.4 is 5.32 Å². The number of halogens is 1. The van der Waals surface area contributed by atoms with Gasteiger partial charge in [-0.2, -0.15) is 0 Å². The van der Waals surface area contributed by atoms with Crippen molar-refractivity contribution in [3.63, 3.8) is 0 Å². The first kappa shape index (κ1) is 17.8. The Morgan fingerprint density at radius 2 is 2.14 bits per heavy atom. The number of hydrogen-bond donors (Lipinski definition) is 2. The number of ether oxygens (including phenoxy) is 2. The largest absolute Gasteiger partial charge is 0.389 e. The van der Waals surface area contributed by atoms with Crippen LogP contribution in [0, 0.1) is 5.82 Å². The average molecular weight is 297 g/mol. The minimum Gasteiger partial charge on any atom is -0.389 e. The van der Waals surface area contributed by atoms with E-state index in [9.17, 15) is 9.50 Å². The van der Waals surface area contributed by atoms with E-state index in [1.54, 1.807) is 18.2 Å². The van der Waals surface area contributed by atoms with Gasteiger partial charge in [-0.25, -0.2) is 4.39 Å². The Morgan fingerprint density at radius 1 is 1.38 bits per heavy atom. The summed E-state index contributed by atoms with van der Waals surface area (Å²) in [4.78, 5) is 0. The predicted octanol–water partition coefficient (Wildman–Crippen LogP) is 1.89. The molecule has 0 spiro atoms. The van der Waals surface area contributed by atoms with Crippen LogP contribution in [-0.2, 0) is 16.1 Å². The summed E-state index contributed by atoms with van der Waals surface area (Å²) in [5.41, 5.74) is 1.47. The highest BCUT2D eigenvalue weighted by Gasteiger charge is 2.05. The van der Waals surface area contributed by atoms with E-state index in [0.29, 0.717) is 31.9 Å². The highest BCUT2D eigenvalue weighted by atomic mass is 19.1. The maximum absolute atomic E-state index is 13.3. The van der Waals surface area contributed by atoms with Crippen molar-refractivity contribution in [1.29, 1.82) is 0 Å². The molecule has 0 bridgehead atoms. The SMILES string of the molecule is C=C(C)COCCNCC(O)COCc1ccccc1F. The van der Waals surface area contributed by atoms with Crippen molar-refractivity contribution in [1.82, 2.24) is 5.32 Å². The first-order chi connectivity index (χ1) is 10.1. The molecule has 0 aliphatic carbocycles. The Kier molecular flexibility index (Phi) is 8.85. The van der Waals surface area contributed by atoms with Crippen LogP contribution in [0.3, 0.4) is 0 Å². The van der Waals surface area contributed by atoms with E-state index in [2.05, 4.69) is 11.9 Å². The summed E-state index contributed by atoms with van der Waals surface area (Å²) in [5, 5.41) is 12.8. The molecule has 0 aromatic heterocycles. The topological polar surface area (TPSA) is 50.7 Å².